The Bertz CT molecular complexity index is 898. The van der Waals surface area contributed by atoms with Gasteiger partial charge in [0.25, 0.3) is 0 Å². The highest BCUT2D eigenvalue weighted by Gasteiger charge is 2.18. The Kier molecular flexibility index (Phi) is 5.39. The van der Waals surface area contributed by atoms with Crippen LogP contribution < -0.4 is 4.74 Å². The van der Waals surface area contributed by atoms with Crippen molar-refractivity contribution in [3.05, 3.63) is 54.2 Å². The number of aromatic nitrogens is 3. The second kappa shape index (κ2) is 8.09. The van der Waals surface area contributed by atoms with E-state index >= 15 is 0 Å². The van der Waals surface area contributed by atoms with Crippen molar-refractivity contribution in [3.63, 3.8) is 0 Å². The first-order valence-electron chi connectivity index (χ1n) is 9.86. The summed E-state index contributed by atoms with van der Waals surface area (Å²) in [5, 5.41) is 1.16. The topological polar surface area (TPSA) is 43.2 Å². The van der Waals surface area contributed by atoms with Crippen LogP contribution in [0.3, 0.4) is 0 Å². The molecule has 1 fully saturated rings. The number of methoxy groups -OCH3 is 1. The zero-order valence-electron chi connectivity index (χ0n) is 16.3. The van der Waals surface area contributed by atoms with E-state index in [4.69, 9.17) is 4.74 Å². The Morgan fingerprint density at radius 1 is 1.15 bits per heavy atom. The molecule has 1 aliphatic rings. The standard InChI is InChI=1S/C22H28N4O/c1-25(15-19-13-23-16-26(19)18-7-4-3-5-8-18)14-17-10-11-21(27-2)22-20(17)9-6-12-24-22/h6,9-13,16,18H,3-5,7-8,14-15H2,1-2H3. The number of hydrogen-bond donors (Lipinski definition) is 0. The first kappa shape index (κ1) is 18.0. The van der Waals surface area contributed by atoms with E-state index in [2.05, 4.69) is 38.6 Å². The van der Waals surface area contributed by atoms with Crippen LogP contribution in [0, 0.1) is 0 Å². The summed E-state index contributed by atoms with van der Waals surface area (Å²) in [4.78, 5) is 11.3. The molecule has 0 spiro atoms. The van der Waals surface area contributed by atoms with E-state index < -0.39 is 0 Å². The van der Waals surface area contributed by atoms with Crippen LogP contribution in [0.2, 0.25) is 0 Å². The van der Waals surface area contributed by atoms with Gasteiger partial charge in [0.05, 0.1) is 19.1 Å². The normalized spacial score (nSPS) is 15.5. The molecule has 2 aromatic heterocycles. The van der Waals surface area contributed by atoms with Gasteiger partial charge in [0, 0.05) is 36.9 Å². The molecular weight excluding hydrogens is 336 g/mol. The van der Waals surface area contributed by atoms with Crippen molar-refractivity contribution in [2.24, 2.45) is 0 Å². The van der Waals surface area contributed by atoms with Crippen molar-refractivity contribution < 1.29 is 4.74 Å². The van der Waals surface area contributed by atoms with Crippen LogP contribution in [0.1, 0.15) is 49.4 Å². The predicted octanol–water partition coefficient (Wildman–Crippen LogP) is 4.58. The SMILES string of the molecule is COc1ccc(CN(C)Cc2cncn2C2CCCCC2)c2cccnc12. The van der Waals surface area contributed by atoms with Crippen molar-refractivity contribution >= 4 is 10.9 Å². The summed E-state index contributed by atoms with van der Waals surface area (Å²) in [6.07, 6.45) is 12.5. The summed E-state index contributed by atoms with van der Waals surface area (Å²) in [5.41, 5.74) is 3.50. The van der Waals surface area contributed by atoms with Gasteiger partial charge >= 0.3 is 0 Å². The Morgan fingerprint density at radius 2 is 2.00 bits per heavy atom. The lowest BCUT2D eigenvalue weighted by Gasteiger charge is -2.26. The zero-order chi connectivity index (χ0) is 18.6. The van der Waals surface area contributed by atoms with Crippen molar-refractivity contribution in [3.8, 4) is 5.75 Å². The Labute approximate surface area is 161 Å². The molecule has 0 atom stereocenters. The molecule has 1 aliphatic carbocycles. The molecule has 1 saturated carbocycles. The lowest BCUT2D eigenvalue weighted by molar-refractivity contribution is 0.291. The van der Waals surface area contributed by atoms with E-state index in [1.807, 2.05) is 30.9 Å². The van der Waals surface area contributed by atoms with Crippen LogP contribution in [0.4, 0.5) is 0 Å². The summed E-state index contributed by atoms with van der Waals surface area (Å²) in [5.74, 6) is 0.826. The van der Waals surface area contributed by atoms with E-state index in [0.29, 0.717) is 6.04 Å². The molecule has 5 heteroatoms. The highest BCUT2D eigenvalue weighted by atomic mass is 16.5. The van der Waals surface area contributed by atoms with E-state index in [0.717, 1.165) is 29.7 Å². The summed E-state index contributed by atoms with van der Waals surface area (Å²) < 4.78 is 7.87. The number of pyridine rings is 1. The van der Waals surface area contributed by atoms with Crippen LogP contribution in [0.15, 0.2) is 43.0 Å². The highest BCUT2D eigenvalue weighted by molar-refractivity contribution is 5.87. The number of imidazole rings is 1. The smallest absolute Gasteiger partial charge is 0.145 e. The summed E-state index contributed by atoms with van der Waals surface area (Å²) >= 11 is 0. The van der Waals surface area contributed by atoms with Gasteiger partial charge in [-0.15, -0.1) is 0 Å². The van der Waals surface area contributed by atoms with E-state index in [-0.39, 0.29) is 0 Å². The van der Waals surface area contributed by atoms with Crippen molar-refractivity contribution in [1.29, 1.82) is 0 Å². The minimum absolute atomic E-state index is 0.621. The first-order valence-corrected chi connectivity index (χ1v) is 9.86. The maximum Gasteiger partial charge on any atom is 0.145 e. The number of ether oxygens (including phenoxy) is 1. The van der Waals surface area contributed by atoms with Crippen LogP contribution >= 0.6 is 0 Å². The number of nitrogens with zero attached hydrogens (tertiary/aromatic N) is 4. The summed E-state index contributed by atoms with van der Waals surface area (Å²) in [6.45, 7) is 1.76. The van der Waals surface area contributed by atoms with Gasteiger partial charge in [-0.2, -0.15) is 0 Å². The van der Waals surface area contributed by atoms with Gasteiger partial charge < -0.3 is 9.30 Å². The monoisotopic (exact) mass is 364 g/mol. The molecule has 2 heterocycles. The fraction of sp³-hybridized carbons (Fsp3) is 0.455. The third-order valence-electron chi connectivity index (χ3n) is 5.63. The van der Waals surface area contributed by atoms with Crippen molar-refractivity contribution in [1.82, 2.24) is 19.4 Å². The molecule has 1 aromatic carbocycles. The number of hydrogen-bond acceptors (Lipinski definition) is 4. The van der Waals surface area contributed by atoms with Crippen molar-refractivity contribution in [2.45, 2.75) is 51.2 Å². The number of benzene rings is 1. The fourth-order valence-electron chi connectivity index (χ4n) is 4.27. The van der Waals surface area contributed by atoms with Crippen molar-refractivity contribution in [2.75, 3.05) is 14.2 Å². The third-order valence-corrected chi connectivity index (χ3v) is 5.63. The molecule has 0 N–H and O–H groups in total. The minimum atomic E-state index is 0.621. The maximum atomic E-state index is 5.47. The second-order valence-electron chi connectivity index (χ2n) is 7.58. The van der Waals surface area contributed by atoms with Gasteiger partial charge in [-0.25, -0.2) is 4.98 Å². The summed E-state index contributed by atoms with van der Waals surface area (Å²) in [7, 11) is 3.87. The van der Waals surface area contributed by atoms with E-state index in [1.54, 1.807) is 7.11 Å². The first-order chi connectivity index (χ1) is 13.3. The van der Waals surface area contributed by atoms with Crippen LogP contribution in [0.5, 0.6) is 5.75 Å². The number of rotatable bonds is 6. The highest BCUT2D eigenvalue weighted by Crippen LogP contribution is 2.30. The van der Waals surface area contributed by atoms with Crippen LogP contribution in [-0.4, -0.2) is 33.6 Å². The largest absolute Gasteiger partial charge is 0.494 e. The number of fused-ring (bicyclic) bond motifs is 1. The Morgan fingerprint density at radius 3 is 2.81 bits per heavy atom. The summed E-state index contributed by atoms with van der Waals surface area (Å²) in [6, 6.07) is 8.91. The average molecular weight is 364 g/mol. The molecule has 27 heavy (non-hydrogen) atoms. The molecule has 0 aliphatic heterocycles. The molecular formula is C22H28N4O. The van der Waals surface area contributed by atoms with Crippen LogP contribution in [-0.2, 0) is 13.1 Å². The quantitative estimate of drug-likeness (QED) is 0.642. The van der Waals surface area contributed by atoms with E-state index in [1.165, 1.54) is 43.4 Å². The van der Waals surface area contributed by atoms with Gasteiger partial charge in [-0.05, 0) is 37.6 Å². The molecule has 3 aromatic rings. The molecule has 4 rings (SSSR count). The van der Waals surface area contributed by atoms with Gasteiger partial charge in [0.2, 0.25) is 0 Å². The van der Waals surface area contributed by atoms with Gasteiger partial charge in [-0.1, -0.05) is 31.4 Å². The zero-order valence-corrected chi connectivity index (χ0v) is 16.3. The molecule has 0 bridgehead atoms. The van der Waals surface area contributed by atoms with Crippen LogP contribution in [0.25, 0.3) is 10.9 Å². The van der Waals surface area contributed by atoms with Gasteiger partial charge in [0.1, 0.15) is 11.3 Å². The lowest BCUT2D eigenvalue weighted by atomic mass is 9.95. The minimum Gasteiger partial charge on any atom is -0.494 e. The molecule has 5 nitrogen and oxygen atoms in total. The average Bonchev–Trinajstić information content (AvgIpc) is 3.17. The fourth-order valence-corrected chi connectivity index (χ4v) is 4.27. The Hall–Kier alpha value is -2.40. The van der Waals surface area contributed by atoms with E-state index in [9.17, 15) is 0 Å². The third kappa shape index (κ3) is 3.83. The predicted molar refractivity (Wildman–Crippen MR) is 108 cm³/mol. The molecule has 0 saturated heterocycles. The van der Waals surface area contributed by atoms with Gasteiger partial charge in [-0.3, -0.25) is 9.88 Å². The molecule has 0 amide bonds. The van der Waals surface area contributed by atoms with Gasteiger partial charge in [0.15, 0.2) is 0 Å². The molecule has 142 valence electrons. The Balaban J connectivity index is 1.52. The lowest BCUT2D eigenvalue weighted by Crippen LogP contribution is -2.22. The molecule has 0 radical (unpaired) electrons. The second-order valence-corrected chi connectivity index (χ2v) is 7.58. The maximum absolute atomic E-state index is 5.47. The molecule has 0 unspecified atom stereocenters.